The zero-order valence-corrected chi connectivity index (χ0v) is 20.5. The van der Waals surface area contributed by atoms with Gasteiger partial charge >= 0.3 is 0 Å². The van der Waals surface area contributed by atoms with Crippen molar-refractivity contribution in [3.05, 3.63) is 0 Å². The number of nitrogens with one attached hydrogen (secondary N) is 1. The minimum absolute atomic E-state index is 0.129. The molecule has 0 aromatic carbocycles. The summed E-state index contributed by atoms with van der Waals surface area (Å²) in [5.74, 6) is 4.11. The highest BCUT2D eigenvalue weighted by atomic mass is 35.5. The Kier molecular flexibility index (Phi) is 7.03. The first-order valence-electron chi connectivity index (χ1n) is 12.9. The molecule has 7 unspecified atom stereocenters. The summed E-state index contributed by atoms with van der Waals surface area (Å²) in [6, 6.07) is 0. The van der Waals surface area contributed by atoms with Crippen LogP contribution < -0.4 is 5.32 Å². The summed E-state index contributed by atoms with van der Waals surface area (Å²) in [7, 11) is 0. The van der Waals surface area contributed by atoms with Crippen LogP contribution in [0.2, 0.25) is 0 Å². The lowest BCUT2D eigenvalue weighted by atomic mass is 9.44. The molecule has 1 amide bonds. The average Bonchev–Trinajstić information content (AvgIpc) is 3.09. The Bertz CT molecular complexity index is 659. The number of amides is 1. The lowest BCUT2D eigenvalue weighted by molar-refractivity contribution is -0.172. The third kappa shape index (κ3) is 4.19. The molecule has 4 rings (SSSR count). The van der Waals surface area contributed by atoms with Gasteiger partial charge in [0.05, 0.1) is 12.2 Å². The third-order valence-corrected chi connectivity index (χ3v) is 10.8. The maximum Gasteiger partial charge on any atom is 0.220 e. The van der Waals surface area contributed by atoms with Gasteiger partial charge in [0.1, 0.15) is 0 Å². The molecule has 4 nitrogen and oxygen atoms in total. The fourth-order valence-corrected chi connectivity index (χ4v) is 9.18. The standard InChI is InChI=1S/C26H44ClNO3/c1-16(4-7-24(31)28-13-12-27)19-5-6-20-18-15-23(30)22-14-17(29)8-10-26(22,3)21(18)9-11-25(19,20)2/h16-23,29-30H,4-15H2,1-3H3,(H,28,31)/t16?,17-,18?,19?,20?,21?,22+,23+,25?,26?/m1/s1. The van der Waals surface area contributed by atoms with Crippen LogP contribution in [0.1, 0.15) is 85.0 Å². The summed E-state index contributed by atoms with van der Waals surface area (Å²) in [6.45, 7) is 7.87. The normalized spacial score (nSPS) is 47.7. The van der Waals surface area contributed by atoms with E-state index in [0.29, 0.717) is 53.9 Å². The number of aliphatic hydroxyl groups excluding tert-OH is 2. The van der Waals surface area contributed by atoms with Crippen LogP contribution in [0.4, 0.5) is 0 Å². The molecule has 0 saturated heterocycles. The molecule has 4 fully saturated rings. The lowest BCUT2D eigenvalue weighted by Crippen LogP contribution is -2.58. The minimum Gasteiger partial charge on any atom is -0.393 e. The Morgan fingerprint density at radius 3 is 2.48 bits per heavy atom. The van der Waals surface area contributed by atoms with Gasteiger partial charge in [-0.1, -0.05) is 20.8 Å². The van der Waals surface area contributed by atoms with Crippen molar-refractivity contribution in [2.75, 3.05) is 12.4 Å². The Hall–Kier alpha value is -0.320. The van der Waals surface area contributed by atoms with Crippen molar-refractivity contribution < 1.29 is 15.0 Å². The van der Waals surface area contributed by atoms with E-state index in [0.717, 1.165) is 32.1 Å². The molecule has 0 bridgehead atoms. The minimum atomic E-state index is -0.259. The number of carbonyl (C=O) groups excluding carboxylic acids is 1. The van der Waals surface area contributed by atoms with Crippen LogP contribution in [0, 0.1) is 46.3 Å². The number of halogens is 1. The maximum absolute atomic E-state index is 12.1. The predicted octanol–water partition coefficient (Wildman–Crippen LogP) is 4.75. The van der Waals surface area contributed by atoms with Crippen molar-refractivity contribution in [3.8, 4) is 0 Å². The number of hydrogen-bond acceptors (Lipinski definition) is 3. The van der Waals surface area contributed by atoms with E-state index < -0.39 is 0 Å². The first kappa shape index (κ1) is 23.8. The highest BCUT2D eigenvalue weighted by Gasteiger charge is 2.62. The summed E-state index contributed by atoms with van der Waals surface area (Å²) < 4.78 is 0. The van der Waals surface area contributed by atoms with Crippen molar-refractivity contribution in [2.24, 2.45) is 46.3 Å². The summed E-state index contributed by atoms with van der Waals surface area (Å²) in [4.78, 5) is 12.1. The molecule has 0 aliphatic heterocycles. The molecule has 0 radical (unpaired) electrons. The van der Waals surface area contributed by atoms with E-state index in [9.17, 15) is 15.0 Å². The van der Waals surface area contributed by atoms with Crippen LogP contribution in [0.15, 0.2) is 0 Å². The zero-order valence-electron chi connectivity index (χ0n) is 19.8. The Labute approximate surface area is 193 Å². The predicted molar refractivity (Wildman–Crippen MR) is 125 cm³/mol. The molecule has 10 atom stereocenters. The molecule has 0 heterocycles. The lowest BCUT2D eigenvalue weighted by Gasteiger charge is -2.62. The first-order chi connectivity index (χ1) is 14.7. The van der Waals surface area contributed by atoms with E-state index in [1.165, 1.54) is 25.7 Å². The quantitative estimate of drug-likeness (QED) is 0.508. The van der Waals surface area contributed by atoms with Gasteiger partial charge in [-0.2, -0.15) is 0 Å². The van der Waals surface area contributed by atoms with Gasteiger partial charge in [0.25, 0.3) is 0 Å². The van der Waals surface area contributed by atoms with Crippen LogP contribution in [0.3, 0.4) is 0 Å². The fourth-order valence-electron chi connectivity index (χ4n) is 9.09. The molecule has 3 N–H and O–H groups in total. The van der Waals surface area contributed by atoms with E-state index in [2.05, 4.69) is 26.1 Å². The van der Waals surface area contributed by atoms with Crippen molar-refractivity contribution in [3.63, 3.8) is 0 Å². The van der Waals surface area contributed by atoms with Gasteiger partial charge < -0.3 is 15.5 Å². The fraction of sp³-hybridized carbons (Fsp3) is 0.962. The van der Waals surface area contributed by atoms with E-state index in [1.807, 2.05) is 0 Å². The molecule has 178 valence electrons. The van der Waals surface area contributed by atoms with E-state index in [-0.39, 0.29) is 29.4 Å². The maximum atomic E-state index is 12.1. The monoisotopic (exact) mass is 453 g/mol. The van der Waals surface area contributed by atoms with Crippen molar-refractivity contribution in [1.82, 2.24) is 5.32 Å². The van der Waals surface area contributed by atoms with Gasteiger partial charge in [0.15, 0.2) is 0 Å². The third-order valence-electron chi connectivity index (χ3n) is 10.7. The molecule has 0 aromatic heterocycles. The average molecular weight is 454 g/mol. The highest BCUT2D eigenvalue weighted by Crippen LogP contribution is 2.68. The smallest absolute Gasteiger partial charge is 0.220 e. The summed E-state index contributed by atoms with van der Waals surface area (Å²) >= 11 is 5.69. The first-order valence-corrected chi connectivity index (χ1v) is 13.4. The van der Waals surface area contributed by atoms with Gasteiger partial charge in [-0.15, -0.1) is 11.6 Å². The summed E-state index contributed by atoms with van der Waals surface area (Å²) in [5.41, 5.74) is 0.525. The number of rotatable bonds is 6. The van der Waals surface area contributed by atoms with Gasteiger partial charge in [-0.05, 0) is 104 Å². The number of hydrogen-bond donors (Lipinski definition) is 3. The molecule has 5 heteroatoms. The van der Waals surface area contributed by atoms with Crippen LogP contribution in [-0.2, 0) is 4.79 Å². The molecule has 4 aliphatic carbocycles. The van der Waals surface area contributed by atoms with Crippen LogP contribution in [-0.4, -0.2) is 40.8 Å². The number of fused-ring (bicyclic) bond motifs is 5. The zero-order chi connectivity index (χ0) is 22.4. The second-order valence-electron chi connectivity index (χ2n) is 12.0. The Morgan fingerprint density at radius 2 is 1.74 bits per heavy atom. The van der Waals surface area contributed by atoms with Crippen LogP contribution >= 0.6 is 11.6 Å². The summed E-state index contributed by atoms with van der Waals surface area (Å²) in [5, 5.41) is 24.3. The SMILES string of the molecule is CC(CCC(=O)NCCCl)C1CCC2C3C[C@H](O)[C@@H]4C[C@H](O)CCC4(C)C3CCC12C. The molecular weight excluding hydrogens is 410 g/mol. The van der Waals surface area contributed by atoms with Crippen molar-refractivity contribution in [2.45, 2.75) is 97.2 Å². The molecule has 0 spiro atoms. The molecule has 4 saturated carbocycles. The van der Waals surface area contributed by atoms with E-state index in [4.69, 9.17) is 11.6 Å². The Balaban J connectivity index is 1.45. The molecule has 4 aliphatic rings. The van der Waals surface area contributed by atoms with Crippen molar-refractivity contribution in [1.29, 1.82) is 0 Å². The molecule has 31 heavy (non-hydrogen) atoms. The molecule has 0 aromatic rings. The van der Waals surface area contributed by atoms with Crippen LogP contribution in [0.25, 0.3) is 0 Å². The topological polar surface area (TPSA) is 69.6 Å². The van der Waals surface area contributed by atoms with Gasteiger partial charge in [-0.3, -0.25) is 4.79 Å². The van der Waals surface area contributed by atoms with Gasteiger partial charge in [0, 0.05) is 18.8 Å². The number of alkyl halides is 1. The second-order valence-corrected chi connectivity index (χ2v) is 12.4. The van der Waals surface area contributed by atoms with Gasteiger partial charge in [0.2, 0.25) is 5.91 Å². The van der Waals surface area contributed by atoms with Crippen molar-refractivity contribution >= 4 is 17.5 Å². The second kappa shape index (κ2) is 9.14. The van der Waals surface area contributed by atoms with Gasteiger partial charge in [-0.25, -0.2) is 0 Å². The largest absolute Gasteiger partial charge is 0.393 e. The van der Waals surface area contributed by atoms with E-state index >= 15 is 0 Å². The highest BCUT2D eigenvalue weighted by molar-refractivity contribution is 6.18. The Morgan fingerprint density at radius 1 is 1.03 bits per heavy atom. The number of aliphatic hydroxyl groups is 2. The van der Waals surface area contributed by atoms with E-state index in [1.54, 1.807) is 0 Å². The summed E-state index contributed by atoms with van der Waals surface area (Å²) in [6.07, 6.45) is 9.85. The van der Waals surface area contributed by atoms with Crippen LogP contribution in [0.5, 0.6) is 0 Å². The molecular formula is C26H44ClNO3. The number of carbonyl (C=O) groups is 1.